The number of carbonyl (C=O) groups is 2. The molecule has 7 heteroatoms. The van der Waals surface area contributed by atoms with Gasteiger partial charge in [-0.15, -0.1) is 0 Å². The van der Waals surface area contributed by atoms with Crippen LogP contribution in [0.1, 0.15) is 20.3 Å². The lowest BCUT2D eigenvalue weighted by molar-refractivity contribution is -0.129. The van der Waals surface area contributed by atoms with Crippen LogP contribution in [0.15, 0.2) is 28.7 Å². The summed E-state index contributed by atoms with van der Waals surface area (Å²) in [6, 6.07) is 6.90. The summed E-state index contributed by atoms with van der Waals surface area (Å²) in [7, 11) is 1.86. The molecule has 0 bridgehead atoms. The Labute approximate surface area is 151 Å². The van der Waals surface area contributed by atoms with Gasteiger partial charge in [-0.3, -0.25) is 9.69 Å². The molecule has 1 aliphatic heterocycles. The number of nitrogens with zero attached hydrogens (tertiary/aromatic N) is 2. The lowest BCUT2D eigenvalue weighted by Gasteiger charge is -2.22. The fraction of sp³-hybridized carbons (Fsp3) is 0.529. The van der Waals surface area contributed by atoms with E-state index in [0.717, 1.165) is 10.2 Å². The summed E-state index contributed by atoms with van der Waals surface area (Å²) in [5.41, 5.74) is 0. The van der Waals surface area contributed by atoms with E-state index >= 15 is 0 Å². The molecule has 1 aromatic rings. The summed E-state index contributed by atoms with van der Waals surface area (Å²) < 4.78 is 6.66. The number of hydrogen-bond acceptors (Lipinski definition) is 4. The lowest BCUT2D eigenvalue weighted by Crippen LogP contribution is -2.41. The van der Waals surface area contributed by atoms with Gasteiger partial charge < -0.3 is 10.1 Å². The van der Waals surface area contributed by atoms with E-state index in [4.69, 9.17) is 4.74 Å². The highest BCUT2D eigenvalue weighted by Crippen LogP contribution is 2.16. The smallest absolute Gasteiger partial charge is 0.325 e. The Balaban J connectivity index is 1.77. The third-order valence-electron chi connectivity index (χ3n) is 3.75. The maximum Gasteiger partial charge on any atom is 0.325 e. The van der Waals surface area contributed by atoms with Gasteiger partial charge in [0.05, 0.1) is 6.67 Å². The number of amides is 3. The topological polar surface area (TPSA) is 61.9 Å². The Morgan fingerprint density at radius 1 is 1.29 bits per heavy atom. The Morgan fingerprint density at radius 2 is 1.96 bits per heavy atom. The maximum atomic E-state index is 12.3. The number of halogens is 1. The Bertz CT molecular complexity index is 577. The highest BCUT2D eigenvalue weighted by molar-refractivity contribution is 9.10. The number of rotatable bonds is 8. The minimum Gasteiger partial charge on any atom is -0.492 e. The summed E-state index contributed by atoms with van der Waals surface area (Å²) in [5, 5.41) is 2.75. The van der Waals surface area contributed by atoms with Gasteiger partial charge in [-0.1, -0.05) is 29.8 Å². The Hall–Kier alpha value is -1.60. The fourth-order valence-electron chi connectivity index (χ4n) is 2.50. The first-order valence-electron chi connectivity index (χ1n) is 8.05. The molecule has 1 aromatic carbocycles. The summed E-state index contributed by atoms with van der Waals surface area (Å²) in [5.74, 6) is 1.00. The second-order valence-electron chi connectivity index (χ2n) is 6.42. The van der Waals surface area contributed by atoms with E-state index in [1.54, 1.807) is 0 Å². The van der Waals surface area contributed by atoms with E-state index in [1.165, 1.54) is 4.90 Å². The van der Waals surface area contributed by atoms with E-state index in [0.29, 0.717) is 25.5 Å². The van der Waals surface area contributed by atoms with Gasteiger partial charge in [0.25, 0.3) is 5.91 Å². The van der Waals surface area contributed by atoms with Crippen molar-refractivity contribution < 1.29 is 14.3 Å². The number of nitrogens with one attached hydrogen (secondary N) is 1. The first kappa shape index (κ1) is 18.7. The normalized spacial score (nSPS) is 17.8. The van der Waals surface area contributed by atoms with Crippen molar-refractivity contribution in [3.05, 3.63) is 28.7 Å². The third kappa shape index (κ3) is 5.21. The average Bonchev–Trinajstić information content (AvgIpc) is 2.76. The monoisotopic (exact) mass is 397 g/mol. The van der Waals surface area contributed by atoms with Crippen molar-refractivity contribution in [1.82, 2.24) is 15.1 Å². The molecule has 1 fully saturated rings. The van der Waals surface area contributed by atoms with Crippen LogP contribution in [0.5, 0.6) is 5.75 Å². The number of carbonyl (C=O) groups excluding carboxylic acids is 2. The zero-order valence-corrected chi connectivity index (χ0v) is 15.9. The highest BCUT2D eigenvalue weighted by Gasteiger charge is 2.38. The minimum absolute atomic E-state index is 0.144. The molecule has 132 valence electrons. The van der Waals surface area contributed by atoms with Crippen LogP contribution in [0.25, 0.3) is 0 Å². The molecule has 0 radical (unpaired) electrons. The molecule has 1 N–H and O–H groups in total. The summed E-state index contributed by atoms with van der Waals surface area (Å²) >= 11 is 3.38. The van der Waals surface area contributed by atoms with Gasteiger partial charge in [0.1, 0.15) is 18.4 Å². The number of ether oxygens (including phenoxy) is 1. The predicted octanol–water partition coefficient (Wildman–Crippen LogP) is 2.68. The van der Waals surface area contributed by atoms with Crippen LogP contribution >= 0.6 is 15.9 Å². The number of urea groups is 1. The van der Waals surface area contributed by atoms with Gasteiger partial charge in [0.2, 0.25) is 0 Å². The lowest BCUT2D eigenvalue weighted by atomic mass is 10.0. The largest absolute Gasteiger partial charge is 0.492 e. The summed E-state index contributed by atoms with van der Waals surface area (Å²) in [6.07, 6.45) is 0.664. The van der Waals surface area contributed by atoms with Gasteiger partial charge in [-0.05, 0) is 43.7 Å². The van der Waals surface area contributed by atoms with Crippen molar-refractivity contribution in [2.75, 3.05) is 26.9 Å². The van der Waals surface area contributed by atoms with Crippen LogP contribution in [0.4, 0.5) is 4.79 Å². The van der Waals surface area contributed by atoms with E-state index < -0.39 is 6.04 Å². The van der Waals surface area contributed by atoms with Gasteiger partial charge in [0.15, 0.2) is 0 Å². The van der Waals surface area contributed by atoms with Crippen LogP contribution in [-0.4, -0.2) is 54.6 Å². The first-order chi connectivity index (χ1) is 11.4. The zero-order valence-electron chi connectivity index (χ0n) is 14.3. The molecule has 0 aromatic heterocycles. The molecule has 1 heterocycles. The highest BCUT2D eigenvalue weighted by atomic mass is 79.9. The molecule has 24 heavy (non-hydrogen) atoms. The molecule has 1 aliphatic rings. The molecule has 1 unspecified atom stereocenters. The van der Waals surface area contributed by atoms with Crippen LogP contribution in [0.2, 0.25) is 0 Å². The van der Waals surface area contributed by atoms with E-state index in [1.807, 2.05) is 50.1 Å². The number of likely N-dealkylation sites (N-methyl/N-ethyl adjacent to an activating group) is 1. The van der Waals surface area contributed by atoms with Crippen LogP contribution < -0.4 is 10.1 Å². The molecule has 3 amide bonds. The van der Waals surface area contributed by atoms with Crippen LogP contribution in [-0.2, 0) is 4.79 Å². The van der Waals surface area contributed by atoms with E-state index in [2.05, 4.69) is 21.2 Å². The molecule has 0 aliphatic carbocycles. The molecular weight excluding hydrogens is 374 g/mol. The van der Waals surface area contributed by atoms with Crippen molar-refractivity contribution in [2.45, 2.75) is 26.3 Å². The third-order valence-corrected chi connectivity index (χ3v) is 4.28. The number of hydrogen-bond donors (Lipinski definition) is 1. The maximum absolute atomic E-state index is 12.3. The van der Waals surface area contributed by atoms with Crippen molar-refractivity contribution in [2.24, 2.45) is 5.92 Å². The van der Waals surface area contributed by atoms with Crippen molar-refractivity contribution >= 4 is 27.9 Å². The van der Waals surface area contributed by atoms with Gasteiger partial charge >= 0.3 is 6.03 Å². The van der Waals surface area contributed by atoms with Crippen LogP contribution in [0.3, 0.4) is 0 Å². The molecule has 0 spiro atoms. The summed E-state index contributed by atoms with van der Waals surface area (Å²) in [6.45, 7) is 5.43. The van der Waals surface area contributed by atoms with Crippen molar-refractivity contribution in [3.63, 3.8) is 0 Å². The number of imide groups is 1. The van der Waals surface area contributed by atoms with Crippen molar-refractivity contribution in [1.29, 1.82) is 0 Å². The molecular formula is C17H24BrN3O3. The Morgan fingerprint density at radius 3 is 2.58 bits per heavy atom. The van der Waals surface area contributed by atoms with Gasteiger partial charge in [0, 0.05) is 11.0 Å². The van der Waals surface area contributed by atoms with E-state index in [9.17, 15) is 9.59 Å². The van der Waals surface area contributed by atoms with E-state index in [-0.39, 0.29) is 18.6 Å². The predicted molar refractivity (Wildman–Crippen MR) is 95.8 cm³/mol. The standard InChI is InChI=1S/C17H24BrN3O3/c1-12(2)10-15-16(22)21(17(23)19-15)11-20(3)8-9-24-14-6-4-13(18)5-7-14/h4-7,12,15H,8-11H2,1-3H3,(H,19,23). The second kappa shape index (κ2) is 8.48. The minimum atomic E-state index is -0.398. The van der Waals surface area contributed by atoms with Gasteiger partial charge in [-0.2, -0.15) is 0 Å². The fourth-order valence-corrected chi connectivity index (χ4v) is 2.77. The first-order valence-corrected chi connectivity index (χ1v) is 8.85. The van der Waals surface area contributed by atoms with Gasteiger partial charge in [-0.25, -0.2) is 9.69 Å². The molecule has 0 saturated carbocycles. The number of benzene rings is 1. The molecule has 6 nitrogen and oxygen atoms in total. The quantitative estimate of drug-likeness (QED) is 0.684. The molecule has 1 saturated heterocycles. The zero-order chi connectivity index (χ0) is 17.7. The Kier molecular flexibility index (Phi) is 6.62. The molecule has 1 atom stereocenters. The SMILES string of the molecule is CC(C)CC1NC(=O)N(CN(C)CCOc2ccc(Br)cc2)C1=O. The average molecular weight is 398 g/mol. The molecule has 2 rings (SSSR count). The summed E-state index contributed by atoms with van der Waals surface area (Å²) in [4.78, 5) is 27.4. The second-order valence-corrected chi connectivity index (χ2v) is 7.34. The van der Waals surface area contributed by atoms with Crippen LogP contribution in [0, 0.1) is 5.92 Å². The van der Waals surface area contributed by atoms with Crippen molar-refractivity contribution in [3.8, 4) is 5.75 Å².